The van der Waals surface area contributed by atoms with Crippen LogP contribution in [0.25, 0.3) is 10.9 Å². The maximum absolute atomic E-state index is 13.1. The number of pyridine rings is 1. The highest BCUT2D eigenvalue weighted by molar-refractivity contribution is 5.86. The second-order valence-corrected chi connectivity index (χ2v) is 9.84. The van der Waals surface area contributed by atoms with Crippen LogP contribution in [0, 0.1) is 6.92 Å². The van der Waals surface area contributed by atoms with Crippen molar-refractivity contribution >= 4 is 16.6 Å². The van der Waals surface area contributed by atoms with E-state index in [0.717, 1.165) is 72.8 Å². The number of hydrogen-bond acceptors (Lipinski definition) is 7. The lowest BCUT2D eigenvalue weighted by Crippen LogP contribution is -2.44. The van der Waals surface area contributed by atoms with Crippen LogP contribution < -0.4 is 30.6 Å². The molecule has 0 spiro atoms. The highest BCUT2D eigenvalue weighted by Gasteiger charge is 2.21. The van der Waals surface area contributed by atoms with Crippen molar-refractivity contribution in [3.05, 3.63) is 76.3 Å². The fourth-order valence-electron chi connectivity index (χ4n) is 5.32. The van der Waals surface area contributed by atoms with E-state index in [1.54, 1.807) is 6.07 Å². The molecular weight excluding hydrogens is 454 g/mol. The van der Waals surface area contributed by atoms with Crippen molar-refractivity contribution in [2.75, 3.05) is 37.9 Å². The summed E-state index contributed by atoms with van der Waals surface area (Å²) in [4.78, 5) is 17.6. The lowest BCUT2D eigenvalue weighted by molar-refractivity contribution is 0.159. The molecule has 3 aromatic rings. The van der Waals surface area contributed by atoms with Gasteiger partial charge in [-0.05, 0) is 55.2 Å². The van der Waals surface area contributed by atoms with Crippen molar-refractivity contribution in [2.45, 2.75) is 39.0 Å². The molecule has 0 saturated carbocycles. The molecule has 1 saturated heterocycles. The summed E-state index contributed by atoms with van der Waals surface area (Å²) in [6, 6.07) is 14.8. The van der Waals surface area contributed by atoms with E-state index in [1.807, 2.05) is 30.0 Å². The summed E-state index contributed by atoms with van der Waals surface area (Å²) >= 11 is 0. The van der Waals surface area contributed by atoms with Gasteiger partial charge in [0.2, 0.25) is 0 Å². The number of ether oxygens (including phenoxy) is 2. The first kappa shape index (κ1) is 22.9. The molecule has 4 heterocycles. The Morgan fingerprint density at radius 3 is 2.67 bits per heavy atom. The molecule has 188 valence electrons. The number of piperidine rings is 1. The molecule has 1 aromatic heterocycles. The summed E-state index contributed by atoms with van der Waals surface area (Å²) in [5, 5.41) is 8.05. The number of anilines is 1. The number of hydrogen-bond donors (Lipinski definition) is 2. The van der Waals surface area contributed by atoms with E-state index in [-0.39, 0.29) is 5.56 Å². The number of fused-ring (bicyclic) bond motifs is 2. The number of nitrogens with zero attached hydrogens (tertiary/aromatic N) is 3. The highest BCUT2D eigenvalue weighted by atomic mass is 16.6. The van der Waals surface area contributed by atoms with Crippen LogP contribution in [-0.2, 0) is 13.2 Å². The van der Waals surface area contributed by atoms with E-state index in [4.69, 9.17) is 9.47 Å². The lowest BCUT2D eigenvalue weighted by atomic mass is 10.0. The molecule has 8 nitrogen and oxygen atoms in total. The standard InChI is InChI=1S/C28H33N5O3/c1-20-14-28(34)33(25-16-23(3-4-24(20)25)32-11-8-29-18-32)19-31-9-6-22(7-10-31)30-17-21-2-5-26-27(15-21)36-13-12-35-26/h2-5,8,11,14-16,22,29-30H,6-7,9-10,12-13,17-19H2,1H3. The first-order valence-electron chi connectivity index (χ1n) is 12.8. The summed E-state index contributed by atoms with van der Waals surface area (Å²) in [5.41, 5.74) is 4.38. The molecule has 1 fully saturated rings. The molecule has 0 aliphatic carbocycles. The predicted molar refractivity (Wildman–Crippen MR) is 141 cm³/mol. The average molecular weight is 488 g/mol. The largest absolute Gasteiger partial charge is 0.486 e. The van der Waals surface area contributed by atoms with E-state index < -0.39 is 0 Å². The first-order valence-corrected chi connectivity index (χ1v) is 12.8. The molecule has 2 N–H and O–H groups in total. The number of benzene rings is 2. The van der Waals surface area contributed by atoms with Gasteiger partial charge in [-0.15, -0.1) is 0 Å². The Kier molecular flexibility index (Phi) is 6.29. The minimum absolute atomic E-state index is 0.0612. The first-order chi connectivity index (χ1) is 17.6. The second kappa shape index (κ2) is 9.87. The van der Waals surface area contributed by atoms with Crippen LogP contribution in [0.15, 0.2) is 59.7 Å². The quantitative estimate of drug-likeness (QED) is 0.554. The summed E-state index contributed by atoms with van der Waals surface area (Å²) in [7, 11) is 0. The van der Waals surface area contributed by atoms with E-state index in [1.165, 1.54) is 5.56 Å². The van der Waals surface area contributed by atoms with Crippen LogP contribution in [0.2, 0.25) is 0 Å². The average Bonchev–Trinajstić information content (AvgIpc) is 3.45. The summed E-state index contributed by atoms with van der Waals surface area (Å²) in [6.45, 7) is 7.32. The van der Waals surface area contributed by atoms with Gasteiger partial charge in [0.25, 0.3) is 5.56 Å². The Hall–Kier alpha value is -3.49. The summed E-state index contributed by atoms with van der Waals surface area (Å²) < 4.78 is 13.3. The third-order valence-electron chi connectivity index (χ3n) is 7.40. The lowest BCUT2D eigenvalue weighted by Gasteiger charge is -2.33. The molecule has 0 atom stereocenters. The molecule has 3 aliphatic heterocycles. The van der Waals surface area contributed by atoms with Gasteiger partial charge in [0.05, 0.1) is 18.9 Å². The third-order valence-corrected chi connectivity index (χ3v) is 7.40. The van der Waals surface area contributed by atoms with Crippen LogP contribution in [0.3, 0.4) is 0 Å². The third kappa shape index (κ3) is 4.66. The molecular formula is C28H33N5O3. The zero-order valence-electron chi connectivity index (χ0n) is 20.7. The van der Waals surface area contributed by atoms with Crippen LogP contribution in [0.1, 0.15) is 24.0 Å². The van der Waals surface area contributed by atoms with Gasteiger partial charge in [-0.1, -0.05) is 12.1 Å². The van der Waals surface area contributed by atoms with Gasteiger partial charge in [0.1, 0.15) is 13.2 Å². The van der Waals surface area contributed by atoms with E-state index in [9.17, 15) is 4.79 Å². The van der Waals surface area contributed by atoms with Crippen molar-refractivity contribution in [3.63, 3.8) is 0 Å². The van der Waals surface area contributed by atoms with E-state index in [0.29, 0.717) is 25.9 Å². The highest BCUT2D eigenvalue weighted by Crippen LogP contribution is 2.31. The molecule has 0 bridgehead atoms. The van der Waals surface area contributed by atoms with Gasteiger partial charge in [0, 0.05) is 55.2 Å². The van der Waals surface area contributed by atoms with Crippen molar-refractivity contribution in [1.82, 2.24) is 20.1 Å². The Labute approximate surface area is 211 Å². The maximum Gasteiger partial charge on any atom is 0.252 e. The van der Waals surface area contributed by atoms with Crippen LogP contribution in [-0.4, -0.2) is 48.5 Å². The fourth-order valence-corrected chi connectivity index (χ4v) is 5.32. The molecule has 0 amide bonds. The number of nitrogens with one attached hydrogen (secondary N) is 2. The van der Waals surface area contributed by atoms with Gasteiger partial charge in [-0.2, -0.15) is 0 Å². The molecule has 6 rings (SSSR count). The van der Waals surface area contributed by atoms with Crippen molar-refractivity contribution in [3.8, 4) is 11.5 Å². The molecule has 0 radical (unpaired) electrons. The van der Waals surface area contributed by atoms with Crippen LogP contribution in [0.4, 0.5) is 5.69 Å². The monoisotopic (exact) mass is 487 g/mol. The van der Waals surface area contributed by atoms with Crippen LogP contribution in [0.5, 0.6) is 11.5 Å². The SMILES string of the molecule is Cc1cc(=O)n(CN2CCC(NCc3ccc4c(c3)OCCO4)CC2)c2cc(N3C=CNC3)ccc12. The Balaban J connectivity index is 1.11. The minimum atomic E-state index is 0.0612. The predicted octanol–water partition coefficient (Wildman–Crippen LogP) is 3.13. The van der Waals surface area contributed by atoms with E-state index in [2.05, 4.69) is 50.8 Å². The summed E-state index contributed by atoms with van der Waals surface area (Å²) in [6.07, 6.45) is 6.08. The van der Waals surface area contributed by atoms with E-state index >= 15 is 0 Å². The summed E-state index contributed by atoms with van der Waals surface area (Å²) in [5.74, 6) is 1.67. The smallest absolute Gasteiger partial charge is 0.252 e. The van der Waals surface area contributed by atoms with Crippen molar-refractivity contribution in [1.29, 1.82) is 0 Å². The normalized spacial score (nSPS) is 18.1. The van der Waals surface area contributed by atoms with Crippen molar-refractivity contribution in [2.24, 2.45) is 0 Å². The minimum Gasteiger partial charge on any atom is -0.486 e. The second-order valence-electron chi connectivity index (χ2n) is 9.84. The van der Waals surface area contributed by atoms with Gasteiger partial charge in [-0.3, -0.25) is 14.3 Å². The van der Waals surface area contributed by atoms with Crippen LogP contribution >= 0.6 is 0 Å². The number of aromatic nitrogens is 1. The van der Waals surface area contributed by atoms with Gasteiger partial charge >= 0.3 is 0 Å². The molecule has 36 heavy (non-hydrogen) atoms. The zero-order valence-corrected chi connectivity index (χ0v) is 20.7. The molecule has 8 heteroatoms. The van der Waals surface area contributed by atoms with Gasteiger partial charge in [0.15, 0.2) is 11.5 Å². The fraction of sp³-hybridized carbons (Fsp3) is 0.393. The topological polar surface area (TPSA) is 71.0 Å². The Morgan fingerprint density at radius 1 is 1.03 bits per heavy atom. The molecule has 0 unspecified atom stereocenters. The Morgan fingerprint density at radius 2 is 1.86 bits per heavy atom. The van der Waals surface area contributed by atoms with Gasteiger partial charge < -0.3 is 25.0 Å². The molecule has 2 aromatic carbocycles. The van der Waals surface area contributed by atoms with Crippen molar-refractivity contribution < 1.29 is 9.47 Å². The zero-order chi connectivity index (χ0) is 24.5. The number of likely N-dealkylation sites (tertiary alicyclic amines) is 1. The number of rotatable bonds is 6. The maximum atomic E-state index is 13.1. The Bertz CT molecular complexity index is 1340. The molecule has 3 aliphatic rings. The van der Waals surface area contributed by atoms with Gasteiger partial charge in [-0.25, -0.2) is 0 Å². The number of aryl methyl sites for hydroxylation is 1.